The van der Waals surface area contributed by atoms with Crippen molar-refractivity contribution >= 4 is 18.0 Å². The number of amides is 2. The Balaban J connectivity index is 1.41. The number of hydrogen-bond acceptors (Lipinski definition) is 5. The number of alkyl carbamates (subject to hydrolysis) is 1. The van der Waals surface area contributed by atoms with Crippen LogP contribution < -0.4 is 10.8 Å². The summed E-state index contributed by atoms with van der Waals surface area (Å²) in [5.41, 5.74) is 6.62. The molecule has 3 N–H and O–H groups in total. The predicted molar refractivity (Wildman–Crippen MR) is 104 cm³/mol. The van der Waals surface area contributed by atoms with Crippen LogP contribution in [0, 0.1) is 0 Å². The van der Waals surface area contributed by atoms with Crippen molar-refractivity contribution in [1.29, 1.82) is 0 Å². The van der Waals surface area contributed by atoms with Gasteiger partial charge in [-0.1, -0.05) is 48.5 Å². The second kappa shape index (κ2) is 9.70. The maximum absolute atomic E-state index is 12.0. The molecule has 152 valence electrons. The fraction of sp³-hybridized carbons (Fsp3) is 0.286. The van der Waals surface area contributed by atoms with Gasteiger partial charge in [-0.25, -0.2) is 15.1 Å². The van der Waals surface area contributed by atoms with Gasteiger partial charge in [0.15, 0.2) is 6.61 Å². The van der Waals surface area contributed by atoms with Crippen LogP contribution in [0.25, 0.3) is 11.1 Å². The number of nitrogens with one attached hydrogen (secondary N) is 2. The molecule has 3 rings (SSSR count). The van der Waals surface area contributed by atoms with E-state index in [-0.39, 0.29) is 25.5 Å². The van der Waals surface area contributed by atoms with Gasteiger partial charge in [-0.05, 0) is 28.7 Å². The van der Waals surface area contributed by atoms with Crippen LogP contribution in [-0.4, -0.2) is 42.8 Å². The van der Waals surface area contributed by atoms with E-state index < -0.39 is 24.6 Å². The van der Waals surface area contributed by atoms with Gasteiger partial charge in [0.1, 0.15) is 6.61 Å². The van der Waals surface area contributed by atoms with Gasteiger partial charge >= 0.3 is 12.1 Å². The van der Waals surface area contributed by atoms with E-state index in [2.05, 4.69) is 22.3 Å². The number of carboxylic acids is 1. The molecule has 1 aliphatic rings. The first-order valence-corrected chi connectivity index (χ1v) is 9.27. The third-order valence-electron chi connectivity index (χ3n) is 4.58. The molecule has 0 saturated carbocycles. The van der Waals surface area contributed by atoms with E-state index in [9.17, 15) is 14.4 Å². The first kappa shape index (κ1) is 20.3. The molecule has 0 aliphatic heterocycles. The van der Waals surface area contributed by atoms with Gasteiger partial charge in [-0.15, -0.1) is 0 Å². The molecule has 0 fully saturated rings. The molecule has 0 aromatic heterocycles. The summed E-state index contributed by atoms with van der Waals surface area (Å²) in [6.07, 6.45) is -0.0928. The van der Waals surface area contributed by atoms with Crippen molar-refractivity contribution in [2.24, 2.45) is 0 Å². The van der Waals surface area contributed by atoms with Crippen LogP contribution in [0.1, 0.15) is 29.9 Å². The van der Waals surface area contributed by atoms with Crippen LogP contribution in [0.3, 0.4) is 0 Å². The van der Waals surface area contributed by atoms with Gasteiger partial charge < -0.3 is 15.2 Å². The molecule has 8 nitrogen and oxygen atoms in total. The van der Waals surface area contributed by atoms with Crippen LogP contribution in [0.5, 0.6) is 0 Å². The number of benzene rings is 2. The summed E-state index contributed by atoms with van der Waals surface area (Å²) in [6.45, 7) is -0.129. The number of aliphatic carboxylic acids is 1. The third kappa shape index (κ3) is 5.32. The van der Waals surface area contributed by atoms with Gasteiger partial charge in [0.2, 0.25) is 5.91 Å². The lowest BCUT2D eigenvalue weighted by Crippen LogP contribution is -2.29. The molecule has 0 unspecified atom stereocenters. The van der Waals surface area contributed by atoms with Crippen LogP contribution in [0.4, 0.5) is 4.79 Å². The Bertz CT molecular complexity index is 853. The highest BCUT2D eigenvalue weighted by molar-refractivity contribution is 5.79. The third-order valence-corrected chi connectivity index (χ3v) is 4.58. The highest BCUT2D eigenvalue weighted by Gasteiger charge is 2.28. The Labute approximate surface area is 167 Å². The van der Waals surface area contributed by atoms with Gasteiger partial charge in [-0.3, -0.25) is 9.63 Å². The SMILES string of the molecule is O=C(O)CONC(=O)CCCNC(=O)OCC1c2ccccc2-c2ccccc21. The number of carboxylic acid groups (broad SMARTS) is 1. The van der Waals surface area contributed by atoms with E-state index in [0.717, 1.165) is 22.3 Å². The second-order valence-corrected chi connectivity index (χ2v) is 6.56. The highest BCUT2D eigenvalue weighted by Crippen LogP contribution is 2.44. The van der Waals surface area contributed by atoms with Crippen molar-refractivity contribution < 1.29 is 29.1 Å². The fourth-order valence-corrected chi connectivity index (χ4v) is 3.32. The van der Waals surface area contributed by atoms with Crippen molar-refractivity contribution in [3.63, 3.8) is 0 Å². The van der Waals surface area contributed by atoms with Crippen LogP contribution in [0.15, 0.2) is 48.5 Å². The number of fused-ring (bicyclic) bond motifs is 3. The lowest BCUT2D eigenvalue weighted by Gasteiger charge is -2.14. The zero-order valence-electron chi connectivity index (χ0n) is 15.7. The largest absolute Gasteiger partial charge is 0.479 e. The Hall–Kier alpha value is -3.39. The van der Waals surface area contributed by atoms with Crippen LogP contribution in [-0.2, 0) is 19.2 Å². The number of hydrogen-bond donors (Lipinski definition) is 3. The minimum Gasteiger partial charge on any atom is -0.479 e. The molecule has 0 bridgehead atoms. The van der Waals surface area contributed by atoms with Gasteiger partial charge in [-0.2, -0.15) is 0 Å². The molecule has 2 amide bonds. The van der Waals surface area contributed by atoms with Crippen LogP contribution in [0.2, 0.25) is 0 Å². The summed E-state index contributed by atoms with van der Waals surface area (Å²) in [5.74, 6) is -1.65. The number of carbonyl (C=O) groups is 3. The lowest BCUT2D eigenvalue weighted by molar-refractivity contribution is -0.149. The average Bonchev–Trinajstić information content (AvgIpc) is 3.03. The average molecular weight is 398 g/mol. The zero-order chi connectivity index (χ0) is 20.6. The smallest absolute Gasteiger partial charge is 0.407 e. The van der Waals surface area contributed by atoms with Crippen molar-refractivity contribution in [1.82, 2.24) is 10.8 Å². The minimum absolute atomic E-state index is 0.00897. The van der Waals surface area contributed by atoms with Gasteiger partial charge in [0.25, 0.3) is 0 Å². The van der Waals surface area contributed by atoms with Crippen molar-refractivity contribution in [2.75, 3.05) is 19.8 Å². The van der Waals surface area contributed by atoms with Crippen molar-refractivity contribution in [3.05, 3.63) is 59.7 Å². The minimum atomic E-state index is -1.18. The van der Waals surface area contributed by atoms with E-state index in [4.69, 9.17) is 9.84 Å². The summed E-state index contributed by atoms with van der Waals surface area (Å²) in [6, 6.07) is 16.2. The quantitative estimate of drug-likeness (QED) is 0.442. The molecule has 8 heteroatoms. The molecule has 1 aliphatic carbocycles. The molecule has 0 saturated heterocycles. The fourth-order valence-electron chi connectivity index (χ4n) is 3.32. The van der Waals surface area contributed by atoms with E-state index in [1.807, 2.05) is 41.9 Å². The lowest BCUT2D eigenvalue weighted by atomic mass is 9.98. The second-order valence-electron chi connectivity index (χ2n) is 6.56. The number of rotatable bonds is 9. The van der Waals surface area contributed by atoms with E-state index in [1.54, 1.807) is 0 Å². The summed E-state index contributed by atoms with van der Waals surface area (Å²) in [4.78, 5) is 38.2. The summed E-state index contributed by atoms with van der Waals surface area (Å²) < 4.78 is 5.40. The molecule has 0 radical (unpaired) electrons. The molecular weight excluding hydrogens is 376 g/mol. The van der Waals surface area contributed by atoms with Crippen molar-refractivity contribution in [3.8, 4) is 11.1 Å². The maximum Gasteiger partial charge on any atom is 0.407 e. The molecule has 2 aromatic rings. The standard InChI is InChI=1S/C21H22N2O6/c24-19(23-29-13-20(25)26)10-5-11-22-21(27)28-12-18-16-8-3-1-6-14(16)15-7-2-4-9-17(15)18/h1-4,6-9,18H,5,10-13H2,(H,22,27)(H,23,24)(H,25,26). The van der Waals surface area contributed by atoms with Crippen molar-refractivity contribution in [2.45, 2.75) is 18.8 Å². The molecule has 0 atom stereocenters. The van der Waals surface area contributed by atoms with E-state index in [0.29, 0.717) is 6.42 Å². The summed E-state index contributed by atoms with van der Waals surface area (Å²) in [7, 11) is 0. The molecular formula is C21H22N2O6. The monoisotopic (exact) mass is 398 g/mol. The number of carbonyl (C=O) groups excluding carboxylic acids is 2. The number of hydroxylamine groups is 1. The first-order chi connectivity index (χ1) is 14.1. The summed E-state index contributed by atoms with van der Waals surface area (Å²) >= 11 is 0. The molecule has 0 heterocycles. The first-order valence-electron chi connectivity index (χ1n) is 9.27. The molecule has 29 heavy (non-hydrogen) atoms. The molecule has 2 aromatic carbocycles. The normalized spacial score (nSPS) is 12.0. The molecule has 0 spiro atoms. The number of ether oxygens (including phenoxy) is 1. The summed E-state index contributed by atoms with van der Waals surface area (Å²) in [5, 5.41) is 11.0. The predicted octanol–water partition coefficient (Wildman–Crippen LogP) is 2.44. The Kier molecular flexibility index (Phi) is 6.80. The topological polar surface area (TPSA) is 114 Å². The Morgan fingerprint density at radius 1 is 0.966 bits per heavy atom. The van der Waals surface area contributed by atoms with Gasteiger partial charge in [0, 0.05) is 18.9 Å². The maximum atomic E-state index is 12.0. The van der Waals surface area contributed by atoms with E-state index in [1.165, 1.54) is 0 Å². The Morgan fingerprint density at radius 3 is 2.21 bits per heavy atom. The van der Waals surface area contributed by atoms with E-state index >= 15 is 0 Å². The highest BCUT2D eigenvalue weighted by atomic mass is 16.7. The Morgan fingerprint density at radius 2 is 1.59 bits per heavy atom. The van der Waals surface area contributed by atoms with Crippen LogP contribution >= 0.6 is 0 Å². The zero-order valence-corrected chi connectivity index (χ0v) is 15.7. The van der Waals surface area contributed by atoms with Gasteiger partial charge in [0.05, 0.1) is 0 Å².